The van der Waals surface area contributed by atoms with E-state index in [2.05, 4.69) is 0 Å². The van der Waals surface area contributed by atoms with Gasteiger partial charge in [-0.3, -0.25) is 19.3 Å². The second-order valence-electron chi connectivity index (χ2n) is 6.74. The molecule has 2 aliphatic heterocycles. The van der Waals surface area contributed by atoms with Gasteiger partial charge in [-0.05, 0) is 48.0 Å². The van der Waals surface area contributed by atoms with E-state index in [0.29, 0.717) is 5.56 Å². The number of carboxylic acids is 1. The smallest absolute Gasteiger partial charge is 0.335 e. The fraction of sp³-hybridized carbons (Fsp3) is 0.0952. The summed E-state index contributed by atoms with van der Waals surface area (Å²) in [5.41, 5.74) is 0.827. The van der Waals surface area contributed by atoms with Crippen LogP contribution in [0.5, 0.6) is 0 Å². The molecule has 31 heavy (non-hydrogen) atoms. The van der Waals surface area contributed by atoms with Gasteiger partial charge in [0.2, 0.25) is 5.91 Å². The molecule has 1 unspecified atom stereocenters. The van der Waals surface area contributed by atoms with Gasteiger partial charge in [-0.15, -0.1) is 0 Å². The van der Waals surface area contributed by atoms with Crippen LogP contribution in [-0.2, 0) is 14.4 Å². The van der Waals surface area contributed by atoms with Crippen LogP contribution < -0.4 is 4.90 Å². The number of thiocarbonyl (C=S) groups is 1. The quantitative estimate of drug-likeness (QED) is 0.429. The van der Waals surface area contributed by atoms with Crippen LogP contribution in [0.15, 0.2) is 53.4 Å². The first-order valence-corrected chi connectivity index (χ1v) is 10.2. The standard InChI is InChI=1S/C21H13FN2O5S2/c22-13-5-1-11(2-6-13)9-16-19(27)24(21(30)31-16)15-10-17(25)23(18(15)26)14-7-3-12(4-8-14)20(28)29/h1-9,15H,10H2,(H,28,29)/b16-9-. The number of rotatable bonds is 4. The van der Waals surface area contributed by atoms with Crippen LogP contribution in [0.1, 0.15) is 22.3 Å². The summed E-state index contributed by atoms with van der Waals surface area (Å²) < 4.78 is 13.2. The van der Waals surface area contributed by atoms with E-state index < -0.39 is 35.5 Å². The minimum absolute atomic E-state index is 0.0160. The van der Waals surface area contributed by atoms with Gasteiger partial charge in [-0.2, -0.15) is 0 Å². The summed E-state index contributed by atoms with van der Waals surface area (Å²) in [7, 11) is 0. The average molecular weight is 456 g/mol. The van der Waals surface area contributed by atoms with Gasteiger partial charge in [-0.1, -0.05) is 36.1 Å². The molecule has 0 saturated carbocycles. The van der Waals surface area contributed by atoms with Gasteiger partial charge < -0.3 is 5.11 Å². The highest BCUT2D eigenvalue weighted by Crippen LogP contribution is 2.37. The zero-order valence-electron chi connectivity index (χ0n) is 15.6. The third-order valence-electron chi connectivity index (χ3n) is 4.80. The summed E-state index contributed by atoms with van der Waals surface area (Å²) in [6.45, 7) is 0. The largest absolute Gasteiger partial charge is 0.478 e. The van der Waals surface area contributed by atoms with Gasteiger partial charge in [0.15, 0.2) is 0 Å². The maximum absolute atomic E-state index is 13.1. The molecule has 4 rings (SSSR count). The van der Waals surface area contributed by atoms with Gasteiger partial charge in [0, 0.05) is 0 Å². The van der Waals surface area contributed by atoms with E-state index in [1.807, 2.05) is 0 Å². The zero-order chi connectivity index (χ0) is 22.3. The van der Waals surface area contributed by atoms with Crippen LogP contribution in [0.4, 0.5) is 10.1 Å². The molecule has 2 aliphatic rings. The number of anilines is 1. The first kappa shape index (κ1) is 20.9. The summed E-state index contributed by atoms with van der Waals surface area (Å²) in [5.74, 6) is -3.18. The Morgan fingerprint density at radius 3 is 2.35 bits per heavy atom. The molecule has 7 nitrogen and oxygen atoms in total. The number of imide groups is 1. The molecule has 156 valence electrons. The van der Waals surface area contributed by atoms with Crippen LogP contribution in [0.25, 0.3) is 6.08 Å². The Hall–Kier alpha value is -3.37. The Bertz CT molecular complexity index is 1160. The van der Waals surface area contributed by atoms with Crippen molar-refractivity contribution < 1.29 is 28.7 Å². The molecular weight excluding hydrogens is 443 g/mol. The lowest BCUT2D eigenvalue weighted by Gasteiger charge is -2.21. The number of carbonyl (C=O) groups is 4. The molecule has 0 aliphatic carbocycles. The van der Waals surface area contributed by atoms with Crippen molar-refractivity contribution in [3.63, 3.8) is 0 Å². The number of hydrogen-bond donors (Lipinski definition) is 1. The van der Waals surface area contributed by atoms with Crippen molar-refractivity contribution in [2.24, 2.45) is 0 Å². The fourth-order valence-electron chi connectivity index (χ4n) is 3.30. The van der Waals surface area contributed by atoms with Crippen LogP contribution in [0.2, 0.25) is 0 Å². The predicted octanol–water partition coefficient (Wildman–Crippen LogP) is 3.06. The Balaban J connectivity index is 1.58. The van der Waals surface area contributed by atoms with Gasteiger partial charge >= 0.3 is 5.97 Å². The predicted molar refractivity (Wildman–Crippen MR) is 116 cm³/mol. The summed E-state index contributed by atoms with van der Waals surface area (Å²) in [6, 6.07) is 9.76. The van der Waals surface area contributed by atoms with Crippen molar-refractivity contribution in [2.75, 3.05) is 4.90 Å². The highest BCUT2D eigenvalue weighted by atomic mass is 32.2. The molecule has 1 N–H and O–H groups in total. The normalized spacial score (nSPS) is 20.3. The maximum atomic E-state index is 13.1. The van der Waals surface area contributed by atoms with Crippen molar-refractivity contribution in [3.8, 4) is 0 Å². The van der Waals surface area contributed by atoms with Crippen molar-refractivity contribution >= 4 is 63.8 Å². The lowest BCUT2D eigenvalue weighted by Crippen LogP contribution is -2.44. The molecule has 2 heterocycles. The zero-order valence-corrected chi connectivity index (χ0v) is 17.3. The third-order valence-corrected chi connectivity index (χ3v) is 6.13. The number of carboxylic acid groups (broad SMARTS) is 1. The molecular formula is C21H13FN2O5S2. The van der Waals surface area contributed by atoms with Crippen LogP contribution in [0.3, 0.4) is 0 Å². The van der Waals surface area contributed by atoms with Crippen molar-refractivity contribution in [3.05, 3.63) is 70.4 Å². The first-order chi connectivity index (χ1) is 14.8. The van der Waals surface area contributed by atoms with Gasteiger partial charge in [-0.25, -0.2) is 14.1 Å². The Morgan fingerprint density at radius 2 is 1.74 bits per heavy atom. The second-order valence-corrected chi connectivity index (χ2v) is 8.42. The number of nitrogens with zero attached hydrogens (tertiary/aromatic N) is 2. The third kappa shape index (κ3) is 3.87. The summed E-state index contributed by atoms with van der Waals surface area (Å²) in [6.07, 6.45) is 1.30. The number of hydrogen-bond acceptors (Lipinski definition) is 6. The molecule has 10 heteroatoms. The van der Waals surface area contributed by atoms with E-state index in [1.165, 1.54) is 48.5 Å². The maximum Gasteiger partial charge on any atom is 0.335 e. The van der Waals surface area contributed by atoms with E-state index in [0.717, 1.165) is 21.6 Å². The molecule has 0 radical (unpaired) electrons. The average Bonchev–Trinajstić information content (AvgIpc) is 3.17. The minimum Gasteiger partial charge on any atom is -0.478 e. The van der Waals surface area contributed by atoms with Gasteiger partial charge in [0.25, 0.3) is 11.8 Å². The van der Waals surface area contributed by atoms with Crippen LogP contribution >= 0.6 is 24.0 Å². The first-order valence-electron chi connectivity index (χ1n) is 8.99. The molecule has 2 saturated heterocycles. The van der Waals surface area contributed by atoms with E-state index in [-0.39, 0.29) is 26.9 Å². The lowest BCUT2D eigenvalue weighted by molar-refractivity contribution is -0.129. The molecule has 0 aromatic heterocycles. The highest BCUT2D eigenvalue weighted by molar-refractivity contribution is 8.26. The number of carbonyl (C=O) groups excluding carboxylic acids is 3. The summed E-state index contributed by atoms with van der Waals surface area (Å²) >= 11 is 6.28. The molecule has 2 fully saturated rings. The number of amides is 3. The Morgan fingerprint density at radius 1 is 1.10 bits per heavy atom. The lowest BCUT2D eigenvalue weighted by atomic mass is 10.2. The van der Waals surface area contributed by atoms with E-state index in [4.69, 9.17) is 17.3 Å². The summed E-state index contributed by atoms with van der Waals surface area (Å²) in [4.78, 5) is 51.8. The minimum atomic E-state index is -1.13. The number of aromatic carboxylic acids is 1. The van der Waals surface area contributed by atoms with Crippen LogP contribution in [0, 0.1) is 5.82 Å². The SMILES string of the molecule is O=C(O)c1ccc(N2C(=O)CC(N3C(=O)/C(=C/c4ccc(F)cc4)SC3=S)C2=O)cc1. The van der Waals surface area contributed by atoms with Gasteiger partial charge in [0.05, 0.1) is 22.6 Å². The van der Waals surface area contributed by atoms with Gasteiger partial charge in [0.1, 0.15) is 16.2 Å². The number of benzene rings is 2. The molecule has 3 amide bonds. The van der Waals surface area contributed by atoms with Crippen LogP contribution in [-0.4, -0.2) is 44.1 Å². The van der Waals surface area contributed by atoms with Crippen molar-refractivity contribution in [2.45, 2.75) is 12.5 Å². The Labute approximate surface area is 185 Å². The highest BCUT2D eigenvalue weighted by Gasteiger charge is 2.48. The summed E-state index contributed by atoms with van der Waals surface area (Å²) in [5, 5.41) is 9.00. The van der Waals surface area contributed by atoms with E-state index in [9.17, 15) is 23.6 Å². The van der Waals surface area contributed by atoms with Crippen molar-refractivity contribution in [1.29, 1.82) is 0 Å². The molecule has 1 atom stereocenters. The number of halogens is 1. The van der Waals surface area contributed by atoms with E-state index in [1.54, 1.807) is 6.08 Å². The fourth-order valence-corrected chi connectivity index (χ4v) is 4.66. The monoisotopic (exact) mass is 456 g/mol. The topological polar surface area (TPSA) is 95.0 Å². The number of thioether (sulfide) groups is 1. The van der Waals surface area contributed by atoms with Crippen molar-refractivity contribution in [1.82, 2.24) is 4.90 Å². The van der Waals surface area contributed by atoms with E-state index >= 15 is 0 Å². The molecule has 0 spiro atoms. The molecule has 2 aromatic carbocycles. The molecule has 2 aromatic rings. The second kappa shape index (κ2) is 8.05. The Kier molecular flexibility index (Phi) is 5.42. The molecule has 0 bridgehead atoms.